The summed E-state index contributed by atoms with van der Waals surface area (Å²) >= 11 is 0. The van der Waals surface area contributed by atoms with Gasteiger partial charge >= 0.3 is 0 Å². The number of hydrazone groups is 1. The van der Waals surface area contributed by atoms with Gasteiger partial charge in [0.1, 0.15) is 6.54 Å². The molecule has 0 radical (unpaired) electrons. The number of rotatable bonds is 8. The predicted molar refractivity (Wildman–Crippen MR) is 110 cm³/mol. The Morgan fingerprint density at radius 1 is 1.13 bits per heavy atom. The average Bonchev–Trinajstić information content (AvgIpc) is 3.18. The van der Waals surface area contributed by atoms with E-state index in [-0.39, 0.29) is 12.5 Å². The number of fused-ring (bicyclic) bond motifs is 1. The van der Waals surface area contributed by atoms with Crippen LogP contribution < -0.4 is 28.7 Å². The Morgan fingerprint density at radius 2 is 1.87 bits per heavy atom. The molecule has 1 aliphatic rings. The lowest BCUT2D eigenvalue weighted by molar-refractivity contribution is -0.119. The number of nitrogens with one attached hydrogen (secondary N) is 1. The zero-order chi connectivity index (χ0) is 21.7. The van der Waals surface area contributed by atoms with E-state index in [0.29, 0.717) is 28.6 Å². The Kier molecular flexibility index (Phi) is 6.31. The number of hydrogen-bond donors (Lipinski definition) is 1. The number of amides is 1. The Balaban J connectivity index is 1.70. The number of hydrogen-bond acceptors (Lipinski definition) is 8. The molecule has 1 N–H and O–H groups in total. The Hall–Kier alpha value is -3.47. The van der Waals surface area contributed by atoms with Crippen LogP contribution in [0.3, 0.4) is 0 Å². The van der Waals surface area contributed by atoms with Gasteiger partial charge in [-0.3, -0.25) is 9.10 Å². The monoisotopic (exact) mass is 435 g/mol. The van der Waals surface area contributed by atoms with Gasteiger partial charge in [-0.15, -0.1) is 0 Å². The summed E-state index contributed by atoms with van der Waals surface area (Å²) in [5, 5.41) is 3.87. The molecule has 1 aliphatic heterocycles. The van der Waals surface area contributed by atoms with Crippen molar-refractivity contribution < 1.29 is 32.2 Å². The van der Waals surface area contributed by atoms with Crippen LogP contribution in [-0.2, 0) is 14.8 Å². The van der Waals surface area contributed by atoms with E-state index in [4.69, 9.17) is 18.9 Å². The summed E-state index contributed by atoms with van der Waals surface area (Å²) in [6, 6.07) is 9.74. The predicted octanol–water partition coefficient (Wildman–Crippen LogP) is 1.35. The van der Waals surface area contributed by atoms with E-state index in [1.165, 1.54) is 32.6 Å². The lowest BCUT2D eigenvalue weighted by Gasteiger charge is -2.22. The molecule has 1 amide bonds. The van der Waals surface area contributed by atoms with E-state index in [0.717, 1.165) is 10.6 Å². The van der Waals surface area contributed by atoms with Gasteiger partial charge in [0.05, 0.1) is 32.4 Å². The maximum atomic E-state index is 12.3. The molecule has 10 nitrogen and oxygen atoms in total. The molecule has 2 aromatic carbocycles. The Bertz CT molecular complexity index is 1070. The molecular weight excluding hydrogens is 414 g/mol. The molecule has 0 saturated carbocycles. The highest BCUT2D eigenvalue weighted by molar-refractivity contribution is 7.92. The second-order valence-electron chi connectivity index (χ2n) is 6.21. The smallest absolute Gasteiger partial charge is 0.260 e. The van der Waals surface area contributed by atoms with Gasteiger partial charge in [0.25, 0.3) is 5.91 Å². The third-order valence-electron chi connectivity index (χ3n) is 4.14. The van der Waals surface area contributed by atoms with Crippen molar-refractivity contribution >= 4 is 27.8 Å². The first-order valence-electron chi connectivity index (χ1n) is 8.73. The molecule has 11 heteroatoms. The van der Waals surface area contributed by atoms with Crippen molar-refractivity contribution in [3.63, 3.8) is 0 Å². The van der Waals surface area contributed by atoms with E-state index in [2.05, 4.69) is 10.5 Å². The molecule has 2 aromatic rings. The van der Waals surface area contributed by atoms with Crippen LogP contribution in [0.2, 0.25) is 0 Å². The largest absolute Gasteiger partial charge is 0.493 e. The summed E-state index contributed by atoms with van der Waals surface area (Å²) in [5.41, 5.74) is 3.25. The summed E-state index contributed by atoms with van der Waals surface area (Å²) in [7, 11) is -0.844. The number of sulfonamides is 1. The summed E-state index contributed by atoms with van der Waals surface area (Å²) in [6.07, 6.45) is 2.42. The van der Waals surface area contributed by atoms with Crippen LogP contribution in [-0.4, -0.2) is 54.4 Å². The normalized spacial score (nSPS) is 12.6. The lowest BCUT2D eigenvalue weighted by Crippen LogP contribution is -2.39. The van der Waals surface area contributed by atoms with E-state index in [9.17, 15) is 13.2 Å². The van der Waals surface area contributed by atoms with Crippen LogP contribution in [0.4, 0.5) is 5.69 Å². The number of methoxy groups -OCH3 is 2. The zero-order valence-electron chi connectivity index (χ0n) is 16.6. The molecule has 0 unspecified atom stereocenters. The minimum atomic E-state index is -3.75. The van der Waals surface area contributed by atoms with Crippen LogP contribution in [0.25, 0.3) is 0 Å². The van der Waals surface area contributed by atoms with Crippen LogP contribution in [0, 0.1) is 0 Å². The van der Waals surface area contributed by atoms with Crippen molar-refractivity contribution in [3.8, 4) is 23.0 Å². The number of nitrogens with zero attached hydrogens (tertiary/aromatic N) is 2. The molecule has 0 spiro atoms. The number of carbonyl (C=O) groups is 1. The second kappa shape index (κ2) is 8.91. The van der Waals surface area contributed by atoms with E-state index >= 15 is 0 Å². The highest BCUT2D eigenvalue weighted by Gasteiger charge is 2.22. The van der Waals surface area contributed by atoms with Gasteiger partial charge in [-0.1, -0.05) is 0 Å². The van der Waals surface area contributed by atoms with Crippen molar-refractivity contribution in [2.75, 3.05) is 38.1 Å². The third kappa shape index (κ3) is 4.92. The molecule has 0 bridgehead atoms. The summed E-state index contributed by atoms with van der Waals surface area (Å²) in [6.45, 7) is -0.309. The average molecular weight is 435 g/mol. The molecule has 3 rings (SSSR count). The standard InChI is InChI=1S/C19H21N3O7S/c1-26-15-7-5-14(9-17(15)27-2)22(30(3,24)25)11-19(23)21-20-10-13-4-6-16-18(8-13)29-12-28-16/h4-10H,11-12H2,1-3H3,(H,21,23)/b20-10-. The van der Waals surface area contributed by atoms with Crippen molar-refractivity contribution in [3.05, 3.63) is 42.0 Å². The van der Waals surface area contributed by atoms with Gasteiger partial charge < -0.3 is 18.9 Å². The number of carbonyl (C=O) groups excluding carboxylic acids is 1. The molecule has 30 heavy (non-hydrogen) atoms. The lowest BCUT2D eigenvalue weighted by atomic mass is 10.2. The Morgan fingerprint density at radius 3 is 2.57 bits per heavy atom. The van der Waals surface area contributed by atoms with E-state index in [1.54, 1.807) is 24.3 Å². The first kappa shape index (κ1) is 21.2. The van der Waals surface area contributed by atoms with Crippen LogP contribution in [0.5, 0.6) is 23.0 Å². The number of ether oxygens (including phenoxy) is 4. The third-order valence-corrected chi connectivity index (χ3v) is 5.28. The van der Waals surface area contributed by atoms with Crippen molar-refractivity contribution in [1.29, 1.82) is 0 Å². The Labute approximate surface area is 174 Å². The highest BCUT2D eigenvalue weighted by atomic mass is 32.2. The first-order valence-corrected chi connectivity index (χ1v) is 10.6. The molecule has 160 valence electrons. The fourth-order valence-electron chi connectivity index (χ4n) is 2.72. The van der Waals surface area contributed by atoms with Gasteiger partial charge in [0.15, 0.2) is 23.0 Å². The number of benzene rings is 2. The SMILES string of the molecule is COc1ccc(N(CC(=O)N/N=C\c2ccc3c(c2)OCO3)S(C)(=O)=O)cc1OC. The van der Waals surface area contributed by atoms with Gasteiger partial charge in [0, 0.05) is 6.07 Å². The summed E-state index contributed by atoms with van der Waals surface area (Å²) in [5.74, 6) is 1.38. The van der Waals surface area contributed by atoms with E-state index < -0.39 is 22.5 Å². The van der Waals surface area contributed by atoms with Crippen molar-refractivity contribution in [2.24, 2.45) is 5.10 Å². The van der Waals surface area contributed by atoms with Gasteiger partial charge in [-0.25, -0.2) is 13.8 Å². The number of anilines is 1. The fraction of sp³-hybridized carbons (Fsp3) is 0.263. The molecular formula is C19H21N3O7S. The quantitative estimate of drug-likeness (QED) is 0.491. The maximum Gasteiger partial charge on any atom is 0.260 e. The van der Waals surface area contributed by atoms with Crippen LogP contribution >= 0.6 is 0 Å². The molecule has 0 atom stereocenters. The molecule has 1 heterocycles. The van der Waals surface area contributed by atoms with Gasteiger partial charge in [-0.2, -0.15) is 5.10 Å². The molecule has 0 saturated heterocycles. The second-order valence-corrected chi connectivity index (χ2v) is 8.12. The first-order chi connectivity index (χ1) is 14.3. The zero-order valence-corrected chi connectivity index (χ0v) is 17.4. The minimum Gasteiger partial charge on any atom is -0.493 e. The van der Waals surface area contributed by atoms with E-state index in [1.807, 2.05) is 0 Å². The minimum absolute atomic E-state index is 0.157. The van der Waals surface area contributed by atoms with Crippen LogP contribution in [0.15, 0.2) is 41.5 Å². The van der Waals surface area contributed by atoms with Crippen molar-refractivity contribution in [2.45, 2.75) is 0 Å². The van der Waals surface area contributed by atoms with Crippen molar-refractivity contribution in [1.82, 2.24) is 5.43 Å². The van der Waals surface area contributed by atoms with Gasteiger partial charge in [0.2, 0.25) is 16.8 Å². The highest BCUT2D eigenvalue weighted by Crippen LogP contribution is 2.33. The molecule has 0 aromatic heterocycles. The maximum absolute atomic E-state index is 12.3. The summed E-state index contributed by atoms with van der Waals surface area (Å²) in [4.78, 5) is 12.3. The fourth-order valence-corrected chi connectivity index (χ4v) is 3.57. The van der Waals surface area contributed by atoms with Crippen LogP contribution in [0.1, 0.15) is 5.56 Å². The molecule has 0 fully saturated rings. The topological polar surface area (TPSA) is 116 Å². The van der Waals surface area contributed by atoms with Gasteiger partial charge in [-0.05, 0) is 35.9 Å². The molecule has 0 aliphatic carbocycles. The summed E-state index contributed by atoms with van der Waals surface area (Å²) < 4.78 is 46.3.